The van der Waals surface area contributed by atoms with Crippen LogP contribution in [0.1, 0.15) is 26.7 Å². The van der Waals surface area contributed by atoms with Crippen molar-refractivity contribution in [2.75, 3.05) is 26.8 Å². The number of hydrogen-bond acceptors (Lipinski definition) is 3. The lowest BCUT2D eigenvalue weighted by molar-refractivity contribution is -0.138. The summed E-state index contributed by atoms with van der Waals surface area (Å²) in [6.07, 6.45) is 2.21. The molecular formula is C12H24N2O2. The van der Waals surface area contributed by atoms with E-state index in [9.17, 15) is 4.79 Å². The summed E-state index contributed by atoms with van der Waals surface area (Å²) < 4.78 is 5.02. The molecule has 4 heteroatoms. The molecule has 1 rings (SSSR count). The standard InChI is InChI=1S/C12H24N2O2/c1-9(8-16-3)12(15)14-6-4-5-11(7-14)10(2)13/h9-11H,4-8,13H2,1-3H3/t9-,10-,11-/m0/s1. The van der Waals surface area contributed by atoms with Gasteiger partial charge in [-0.1, -0.05) is 6.92 Å². The molecule has 1 saturated heterocycles. The fourth-order valence-electron chi connectivity index (χ4n) is 2.27. The van der Waals surface area contributed by atoms with Gasteiger partial charge < -0.3 is 15.4 Å². The van der Waals surface area contributed by atoms with Crippen LogP contribution in [0.4, 0.5) is 0 Å². The van der Waals surface area contributed by atoms with E-state index in [1.54, 1.807) is 7.11 Å². The van der Waals surface area contributed by atoms with E-state index in [0.29, 0.717) is 12.5 Å². The molecule has 0 bridgehead atoms. The summed E-state index contributed by atoms with van der Waals surface area (Å²) in [6, 6.07) is 0.174. The minimum absolute atomic E-state index is 0.0446. The molecule has 0 spiro atoms. The van der Waals surface area contributed by atoms with Gasteiger partial charge >= 0.3 is 0 Å². The van der Waals surface area contributed by atoms with Crippen molar-refractivity contribution in [3.63, 3.8) is 0 Å². The van der Waals surface area contributed by atoms with Crippen LogP contribution in [0, 0.1) is 11.8 Å². The zero-order valence-electron chi connectivity index (χ0n) is 10.6. The van der Waals surface area contributed by atoms with Crippen molar-refractivity contribution >= 4 is 5.91 Å². The molecule has 2 N–H and O–H groups in total. The first-order valence-electron chi connectivity index (χ1n) is 6.09. The first kappa shape index (κ1) is 13.5. The van der Waals surface area contributed by atoms with Crippen molar-refractivity contribution in [1.82, 2.24) is 4.90 Å². The number of piperidine rings is 1. The van der Waals surface area contributed by atoms with E-state index in [0.717, 1.165) is 25.9 Å². The predicted octanol–water partition coefficient (Wildman–Crippen LogP) is 0.855. The van der Waals surface area contributed by atoms with Crippen LogP contribution in [0.15, 0.2) is 0 Å². The van der Waals surface area contributed by atoms with Crippen LogP contribution in [0.25, 0.3) is 0 Å². The monoisotopic (exact) mass is 228 g/mol. The zero-order valence-corrected chi connectivity index (χ0v) is 10.6. The van der Waals surface area contributed by atoms with Crippen molar-refractivity contribution in [3.05, 3.63) is 0 Å². The van der Waals surface area contributed by atoms with Crippen molar-refractivity contribution in [2.24, 2.45) is 17.6 Å². The molecule has 16 heavy (non-hydrogen) atoms. The van der Waals surface area contributed by atoms with Crippen LogP contribution >= 0.6 is 0 Å². The molecule has 94 valence electrons. The van der Waals surface area contributed by atoms with Gasteiger partial charge in [0.2, 0.25) is 5.91 Å². The molecule has 1 aliphatic rings. The number of likely N-dealkylation sites (tertiary alicyclic amines) is 1. The largest absolute Gasteiger partial charge is 0.384 e. The number of methoxy groups -OCH3 is 1. The quantitative estimate of drug-likeness (QED) is 0.776. The Morgan fingerprint density at radius 2 is 2.25 bits per heavy atom. The summed E-state index contributed by atoms with van der Waals surface area (Å²) in [5.41, 5.74) is 5.90. The van der Waals surface area contributed by atoms with E-state index < -0.39 is 0 Å². The summed E-state index contributed by atoms with van der Waals surface area (Å²) in [4.78, 5) is 14.0. The molecule has 0 aliphatic carbocycles. The smallest absolute Gasteiger partial charge is 0.227 e. The normalized spacial score (nSPS) is 25.2. The highest BCUT2D eigenvalue weighted by atomic mass is 16.5. The van der Waals surface area contributed by atoms with Gasteiger partial charge in [-0.3, -0.25) is 4.79 Å². The van der Waals surface area contributed by atoms with Crippen LogP contribution in [0.2, 0.25) is 0 Å². The number of nitrogens with two attached hydrogens (primary N) is 1. The minimum atomic E-state index is -0.0446. The topological polar surface area (TPSA) is 55.6 Å². The Hall–Kier alpha value is -0.610. The maximum atomic E-state index is 12.1. The van der Waals surface area contributed by atoms with E-state index in [4.69, 9.17) is 10.5 Å². The summed E-state index contributed by atoms with van der Waals surface area (Å²) in [5.74, 6) is 0.608. The van der Waals surface area contributed by atoms with Gasteiger partial charge in [0.05, 0.1) is 12.5 Å². The third-order valence-corrected chi connectivity index (χ3v) is 3.35. The Morgan fingerprint density at radius 1 is 1.56 bits per heavy atom. The molecule has 3 atom stereocenters. The molecule has 0 radical (unpaired) electrons. The average molecular weight is 228 g/mol. The molecule has 4 nitrogen and oxygen atoms in total. The second-order valence-electron chi connectivity index (χ2n) is 4.90. The van der Waals surface area contributed by atoms with Gasteiger partial charge in [0.15, 0.2) is 0 Å². The Kier molecular flexibility index (Phi) is 5.22. The molecule has 0 saturated carbocycles. The van der Waals surface area contributed by atoms with Crippen molar-refractivity contribution in [3.8, 4) is 0 Å². The molecule has 1 heterocycles. The number of amides is 1. The van der Waals surface area contributed by atoms with Crippen molar-refractivity contribution in [2.45, 2.75) is 32.7 Å². The van der Waals surface area contributed by atoms with Crippen LogP contribution in [0.5, 0.6) is 0 Å². The third-order valence-electron chi connectivity index (χ3n) is 3.35. The summed E-state index contributed by atoms with van der Waals surface area (Å²) in [7, 11) is 1.63. The van der Waals surface area contributed by atoms with Gasteiger partial charge in [0, 0.05) is 26.2 Å². The molecule has 0 aromatic carbocycles. The van der Waals surface area contributed by atoms with E-state index in [2.05, 4.69) is 0 Å². The molecule has 1 amide bonds. The Balaban J connectivity index is 2.49. The molecule has 1 fully saturated rings. The fourth-order valence-corrected chi connectivity index (χ4v) is 2.27. The first-order chi connectivity index (χ1) is 7.56. The van der Waals surface area contributed by atoms with Gasteiger partial charge in [-0.15, -0.1) is 0 Å². The van der Waals surface area contributed by atoms with Crippen LogP contribution in [-0.4, -0.2) is 43.7 Å². The molecule has 0 aromatic heterocycles. The number of ether oxygens (including phenoxy) is 1. The first-order valence-corrected chi connectivity index (χ1v) is 6.09. The van der Waals surface area contributed by atoms with Gasteiger partial charge in [0.25, 0.3) is 0 Å². The van der Waals surface area contributed by atoms with E-state index in [1.165, 1.54) is 0 Å². The maximum absolute atomic E-state index is 12.1. The van der Waals surface area contributed by atoms with Crippen molar-refractivity contribution < 1.29 is 9.53 Å². The highest BCUT2D eigenvalue weighted by molar-refractivity contribution is 5.78. The molecular weight excluding hydrogens is 204 g/mol. The fraction of sp³-hybridized carbons (Fsp3) is 0.917. The van der Waals surface area contributed by atoms with Gasteiger partial charge in [-0.05, 0) is 25.7 Å². The summed E-state index contributed by atoms with van der Waals surface area (Å²) >= 11 is 0. The Morgan fingerprint density at radius 3 is 2.81 bits per heavy atom. The van der Waals surface area contributed by atoms with Crippen LogP contribution in [-0.2, 0) is 9.53 Å². The van der Waals surface area contributed by atoms with E-state index >= 15 is 0 Å². The maximum Gasteiger partial charge on any atom is 0.227 e. The number of carbonyl (C=O) groups excluding carboxylic acids is 1. The molecule has 0 unspecified atom stereocenters. The zero-order chi connectivity index (χ0) is 12.1. The van der Waals surface area contributed by atoms with E-state index in [1.807, 2.05) is 18.7 Å². The number of carbonyl (C=O) groups is 1. The highest BCUT2D eigenvalue weighted by Gasteiger charge is 2.28. The molecule has 1 aliphatic heterocycles. The van der Waals surface area contributed by atoms with Gasteiger partial charge in [0.1, 0.15) is 0 Å². The lowest BCUT2D eigenvalue weighted by Gasteiger charge is -2.35. The number of hydrogen-bond donors (Lipinski definition) is 1. The van der Waals surface area contributed by atoms with Crippen molar-refractivity contribution in [1.29, 1.82) is 0 Å². The summed E-state index contributed by atoms with van der Waals surface area (Å²) in [6.45, 7) is 6.12. The molecule has 0 aromatic rings. The van der Waals surface area contributed by atoms with Crippen LogP contribution < -0.4 is 5.73 Å². The minimum Gasteiger partial charge on any atom is -0.384 e. The second kappa shape index (κ2) is 6.21. The highest BCUT2D eigenvalue weighted by Crippen LogP contribution is 2.20. The van der Waals surface area contributed by atoms with E-state index in [-0.39, 0.29) is 17.9 Å². The Labute approximate surface area is 98.1 Å². The van der Waals surface area contributed by atoms with Crippen LogP contribution in [0.3, 0.4) is 0 Å². The Bertz CT molecular complexity index is 231. The SMILES string of the molecule is COC[C@H](C)C(=O)N1CCC[C@H]([C@H](C)N)C1. The lowest BCUT2D eigenvalue weighted by Crippen LogP contribution is -2.47. The number of rotatable bonds is 4. The predicted molar refractivity (Wildman–Crippen MR) is 64.0 cm³/mol. The average Bonchev–Trinajstić information content (AvgIpc) is 2.28. The van der Waals surface area contributed by atoms with Gasteiger partial charge in [-0.2, -0.15) is 0 Å². The summed E-state index contributed by atoms with van der Waals surface area (Å²) in [5, 5.41) is 0. The third kappa shape index (κ3) is 3.46. The lowest BCUT2D eigenvalue weighted by atomic mass is 9.91. The number of nitrogens with zero attached hydrogens (tertiary/aromatic N) is 1. The second-order valence-corrected chi connectivity index (χ2v) is 4.90. The van der Waals surface area contributed by atoms with Gasteiger partial charge in [-0.25, -0.2) is 0 Å².